The Morgan fingerprint density at radius 1 is 1.10 bits per heavy atom. The number of carboxylic acid groups (broad SMARTS) is 1. The maximum atomic E-state index is 11.1. The average Bonchev–Trinajstić information content (AvgIpc) is 2.47. The fourth-order valence-corrected chi connectivity index (χ4v) is 2.79. The molecule has 20 heavy (non-hydrogen) atoms. The van der Waals surface area contributed by atoms with Crippen LogP contribution in [0.2, 0.25) is 0 Å². The molecule has 0 bridgehead atoms. The van der Waals surface area contributed by atoms with E-state index in [-0.39, 0.29) is 18.4 Å². The Labute approximate surface area is 117 Å². The van der Waals surface area contributed by atoms with E-state index in [1.165, 1.54) is 0 Å². The lowest BCUT2D eigenvalue weighted by Gasteiger charge is -2.31. The fourth-order valence-electron chi connectivity index (χ4n) is 2.79. The van der Waals surface area contributed by atoms with E-state index in [0.29, 0.717) is 6.42 Å². The van der Waals surface area contributed by atoms with Crippen LogP contribution in [0.15, 0.2) is 54.6 Å². The first-order valence-corrected chi connectivity index (χ1v) is 6.76. The van der Waals surface area contributed by atoms with Crippen molar-refractivity contribution in [1.29, 1.82) is 0 Å². The Morgan fingerprint density at radius 2 is 1.80 bits per heavy atom. The minimum atomic E-state index is -0.765. The third-order valence-corrected chi connectivity index (χ3v) is 3.72. The molecule has 3 heteroatoms. The molecule has 3 rings (SSSR count). The number of carbonyl (C=O) groups is 1. The van der Waals surface area contributed by atoms with Crippen molar-refractivity contribution >= 4 is 5.97 Å². The summed E-state index contributed by atoms with van der Waals surface area (Å²) in [6.45, 7) is 0. The number of aliphatic carboxylic acids is 1. The van der Waals surface area contributed by atoms with E-state index in [2.05, 4.69) is 0 Å². The second kappa shape index (κ2) is 5.37. The predicted molar refractivity (Wildman–Crippen MR) is 75.9 cm³/mol. The second-order valence-electron chi connectivity index (χ2n) is 5.09. The monoisotopic (exact) mass is 268 g/mol. The molecule has 0 aliphatic carbocycles. The fraction of sp³-hybridized carbons (Fsp3) is 0.235. The first-order chi connectivity index (χ1) is 9.74. The molecule has 2 aromatic rings. The highest BCUT2D eigenvalue weighted by atomic mass is 16.5. The van der Waals surface area contributed by atoms with Gasteiger partial charge in [-0.3, -0.25) is 4.79 Å². The summed E-state index contributed by atoms with van der Waals surface area (Å²) in [6.07, 6.45) is 0.771. The summed E-state index contributed by atoms with van der Waals surface area (Å²) in [5.74, 6) is 0.0417. The van der Waals surface area contributed by atoms with Crippen LogP contribution in [-0.4, -0.2) is 11.1 Å². The van der Waals surface area contributed by atoms with Gasteiger partial charge in [-0.1, -0.05) is 48.5 Å². The lowest BCUT2D eigenvalue weighted by molar-refractivity contribution is -0.137. The minimum absolute atomic E-state index is 0.00246. The molecule has 1 aliphatic rings. The van der Waals surface area contributed by atoms with Gasteiger partial charge in [0.1, 0.15) is 11.9 Å². The van der Waals surface area contributed by atoms with Gasteiger partial charge in [0.05, 0.1) is 6.42 Å². The molecule has 0 amide bonds. The van der Waals surface area contributed by atoms with E-state index in [9.17, 15) is 4.79 Å². The van der Waals surface area contributed by atoms with Gasteiger partial charge in [0, 0.05) is 5.92 Å². The highest BCUT2D eigenvalue weighted by molar-refractivity contribution is 5.68. The largest absolute Gasteiger partial charge is 0.485 e. The molecule has 102 valence electrons. The summed E-state index contributed by atoms with van der Waals surface area (Å²) in [5, 5.41) is 9.11. The minimum Gasteiger partial charge on any atom is -0.485 e. The van der Waals surface area contributed by atoms with Crippen molar-refractivity contribution in [2.24, 2.45) is 0 Å². The van der Waals surface area contributed by atoms with E-state index < -0.39 is 5.97 Å². The molecule has 1 aliphatic heterocycles. The number of fused-ring (bicyclic) bond motifs is 1. The summed E-state index contributed by atoms with van der Waals surface area (Å²) in [5.41, 5.74) is 2.10. The third kappa shape index (κ3) is 2.52. The Morgan fingerprint density at radius 3 is 2.55 bits per heavy atom. The van der Waals surface area contributed by atoms with E-state index >= 15 is 0 Å². The lowest BCUT2D eigenvalue weighted by atomic mass is 9.85. The van der Waals surface area contributed by atoms with Crippen molar-refractivity contribution in [3.05, 3.63) is 65.7 Å². The first kappa shape index (κ1) is 12.7. The topological polar surface area (TPSA) is 46.5 Å². The van der Waals surface area contributed by atoms with Gasteiger partial charge in [0.25, 0.3) is 0 Å². The standard InChI is InChI=1S/C17H16O3/c18-17(19)11-13-10-16(12-6-2-1-3-7-12)20-15-9-5-4-8-14(13)15/h1-9,13,16H,10-11H2,(H,18,19)/t13-,16+/m1/s1. The molecule has 0 saturated carbocycles. The van der Waals surface area contributed by atoms with E-state index in [0.717, 1.165) is 16.9 Å². The zero-order valence-electron chi connectivity index (χ0n) is 11.0. The third-order valence-electron chi connectivity index (χ3n) is 3.72. The Kier molecular flexibility index (Phi) is 3.42. The molecule has 0 saturated heterocycles. The molecule has 0 aromatic heterocycles. The lowest BCUT2D eigenvalue weighted by Crippen LogP contribution is -2.21. The molecular formula is C17H16O3. The molecule has 1 heterocycles. The normalized spacial score (nSPS) is 20.8. The Bertz CT molecular complexity index is 607. The number of hydrogen-bond donors (Lipinski definition) is 1. The highest BCUT2D eigenvalue weighted by Crippen LogP contribution is 2.43. The molecule has 0 fully saturated rings. The van der Waals surface area contributed by atoms with Gasteiger partial charge in [-0.05, 0) is 23.6 Å². The molecule has 2 aromatic carbocycles. The van der Waals surface area contributed by atoms with Gasteiger partial charge < -0.3 is 9.84 Å². The molecule has 2 atom stereocenters. The summed E-state index contributed by atoms with van der Waals surface area (Å²) < 4.78 is 6.04. The van der Waals surface area contributed by atoms with E-state index in [4.69, 9.17) is 9.84 Å². The molecule has 0 spiro atoms. The van der Waals surface area contributed by atoms with Crippen LogP contribution in [0.1, 0.15) is 36.0 Å². The predicted octanol–water partition coefficient (Wildman–Crippen LogP) is 3.77. The van der Waals surface area contributed by atoms with Crippen LogP contribution in [0.4, 0.5) is 0 Å². The van der Waals surface area contributed by atoms with Crippen molar-refractivity contribution < 1.29 is 14.6 Å². The van der Waals surface area contributed by atoms with Crippen molar-refractivity contribution in [2.75, 3.05) is 0 Å². The number of para-hydroxylation sites is 1. The second-order valence-corrected chi connectivity index (χ2v) is 5.09. The summed E-state index contributed by atoms with van der Waals surface area (Å²) in [4.78, 5) is 11.1. The van der Waals surface area contributed by atoms with Gasteiger partial charge in [-0.25, -0.2) is 0 Å². The van der Waals surface area contributed by atoms with Gasteiger partial charge >= 0.3 is 5.97 Å². The smallest absolute Gasteiger partial charge is 0.303 e. The summed E-state index contributed by atoms with van der Waals surface area (Å²) in [7, 11) is 0. The maximum absolute atomic E-state index is 11.1. The zero-order valence-corrected chi connectivity index (χ0v) is 11.0. The van der Waals surface area contributed by atoms with Crippen LogP contribution < -0.4 is 4.74 Å². The van der Waals surface area contributed by atoms with E-state index in [1.807, 2.05) is 54.6 Å². The molecule has 3 nitrogen and oxygen atoms in total. The Hall–Kier alpha value is -2.29. The van der Waals surface area contributed by atoms with Crippen LogP contribution in [0.3, 0.4) is 0 Å². The van der Waals surface area contributed by atoms with Crippen LogP contribution >= 0.6 is 0 Å². The summed E-state index contributed by atoms with van der Waals surface area (Å²) >= 11 is 0. The van der Waals surface area contributed by atoms with Crippen LogP contribution in [0.25, 0.3) is 0 Å². The number of hydrogen-bond acceptors (Lipinski definition) is 2. The van der Waals surface area contributed by atoms with Crippen LogP contribution in [-0.2, 0) is 4.79 Å². The molecule has 1 N–H and O–H groups in total. The van der Waals surface area contributed by atoms with Crippen molar-refractivity contribution in [3.63, 3.8) is 0 Å². The number of ether oxygens (including phenoxy) is 1. The molecular weight excluding hydrogens is 252 g/mol. The average molecular weight is 268 g/mol. The van der Waals surface area contributed by atoms with Crippen LogP contribution in [0.5, 0.6) is 5.75 Å². The van der Waals surface area contributed by atoms with Gasteiger partial charge in [0.2, 0.25) is 0 Å². The number of carboxylic acids is 1. The summed E-state index contributed by atoms with van der Waals surface area (Å²) in [6, 6.07) is 17.7. The van der Waals surface area contributed by atoms with Crippen LogP contribution in [0, 0.1) is 0 Å². The number of benzene rings is 2. The van der Waals surface area contributed by atoms with Gasteiger partial charge in [-0.2, -0.15) is 0 Å². The van der Waals surface area contributed by atoms with Gasteiger partial charge in [-0.15, -0.1) is 0 Å². The van der Waals surface area contributed by atoms with E-state index in [1.54, 1.807) is 0 Å². The van der Waals surface area contributed by atoms with Gasteiger partial charge in [0.15, 0.2) is 0 Å². The quantitative estimate of drug-likeness (QED) is 0.921. The number of rotatable bonds is 3. The zero-order chi connectivity index (χ0) is 13.9. The van der Waals surface area contributed by atoms with Crippen molar-refractivity contribution in [3.8, 4) is 5.75 Å². The SMILES string of the molecule is O=C(O)C[C@H]1C[C@@H](c2ccccc2)Oc2ccccc21. The highest BCUT2D eigenvalue weighted by Gasteiger charge is 2.30. The molecule has 0 radical (unpaired) electrons. The maximum Gasteiger partial charge on any atom is 0.303 e. The van der Waals surface area contributed by atoms with Crippen molar-refractivity contribution in [2.45, 2.75) is 24.9 Å². The molecule has 0 unspecified atom stereocenters. The van der Waals surface area contributed by atoms with Crippen molar-refractivity contribution in [1.82, 2.24) is 0 Å². The Balaban J connectivity index is 1.94. The first-order valence-electron chi connectivity index (χ1n) is 6.76.